The fourth-order valence-corrected chi connectivity index (χ4v) is 4.88. The highest BCUT2D eigenvalue weighted by molar-refractivity contribution is 5.71. The van der Waals surface area contributed by atoms with Crippen LogP contribution in [0.5, 0.6) is 11.6 Å². The van der Waals surface area contributed by atoms with Crippen LogP contribution in [0.15, 0.2) is 97.1 Å². The molecule has 0 amide bonds. The summed E-state index contributed by atoms with van der Waals surface area (Å²) in [7, 11) is 1.42. The number of aliphatic hydroxyl groups is 2. The second-order valence-corrected chi connectivity index (χ2v) is 11.9. The Morgan fingerprint density at radius 3 is 2.02 bits per heavy atom. The van der Waals surface area contributed by atoms with Crippen LogP contribution in [0.2, 0.25) is 0 Å². The number of aromatic nitrogens is 1. The van der Waals surface area contributed by atoms with Gasteiger partial charge in [0.25, 0.3) is 0 Å². The summed E-state index contributed by atoms with van der Waals surface area (Å²) in [5.41, 5.74) is 4.44. The molecular weight excluding hydrogens is 568 g/mol. The van der Waals surface area contributed by atoms with Gasteiger partial charge in [0, 0.05) is 18.7 Å². The summed E-state index contributed by atoms with van der Waals surface area (Å²) < 4.78 is 23.0. The van der Waals surface area contributed by atoms with E-state index in [1.807, 2.05) is 87.5 Å². The Hall–Kier alpha value is -3.79. The van der Waals surface area contributed by atoms with Gasteiger partial charge in [-0.05, 0) is 75.3 Å². The topological polar surface area (TPSA) is 102 Å². The maximum Gasteiger partial charge on any atom is 0.214 e. The summed E-state index contributed by atoms with van der Waals surface area (Å²) in [5, 5.41) is 23.7. The minimum Gasteiger partial charge on any atom is -0.493 e. The van der Waals surface area contributed by atoms with Gasteiger partial charge < -0.3 is 29.2 Å². The average molecular weight is 615 g/mol. The van der Waals surface area contributed by atoms with E-state index < -0.39 is 24.3 Å². The summed E-state index contributed by atoms with van der Waals surface area (Å²) in [6.07, 6.45) is 0.586. The molecule has 0 aliphatic rings. The van der Waals surface area contributed by atoms with E-state index in [0.29, 0.717) is 25.5 Å². The average Bonchev–Trinajstić information content (AvgIpc) is 3.04. The van der Waals surface area contributed by atoms with Gasteiger partial charge in [-0.2, -0.15) is 0 Å². The summed E-state index contributed by atoms with van der Waals surface area (Å²) in [6.45, 7) is 6.62. The van der Waals surface area contributed by atoms with Crippen molar-refractivity contribution in [1.29, 1.82) is 0 Å². The number of benzene rings is 3. The Kier molecular flexibility index (Phi) is 12.9. The van der Waals surface area contributed by atoms with E-state index in [1.165, 1.54) is 7.11 Å². The first-order valence-electron chi connectivity index (χ1n) is 15.5. The first-order chi connectivity index (χ1) is 21.7. The van der Waals surface area contributed by atoms with Crippen LogP contribution in [0.1, 0.15) is 45.6 Å². The van der Waals surface area contributed by atoms with Crippen molar-refractivity contribution in [3.8, 4) is 34.0 Å². The van der Waals surface area contributed by atoms with Crippen molar-refractivity contribution in [1.82, 2.24) is 10.3 Å². The van der Waals surface area contributed by atoms with Crippen molar-refractivity contribution in [2.24, 2.45) is 0 Å². The lowest BCUT2D eigenvalue weighted by Gasteiger charge is -2.30. The summed E-state index contributed by atoms with van der Waals surface area (Å²) in [5.74, 6) is 1.34. The Morgan fingerprint density at radius 2 is 1.36 bits per heavy atom. The number of pyridine rings is 1. The van der Waals surface area contributed by atoms with Gasteiger partial charge in [-0.15, -0.1) is 0 Å². The number of para-hydroxylation sites is 1. The monoisotopic (exact) mass is 614 g/mol. The van der Waals surface area contributed by atoms with Crippen LogP contribution >= 0.6 is 0 Å². The fourth-order valence-electron chi connectivity index (χ4n) is 4.88. The number of hydrogen-bond donors (Lipinski definition) is 3. The maximum absolute atomic E-state index is 10.4. The van der Waals surface area contributed by atoms with Gasteiger partial charge in [0.05, 0.1) is 30.6 Å². The zero-order valence-corrected chi connectivity index (χ0v) is 26.7. The first-order valence-corrected chi connectivity index (χ1v) is 15.5. The molecule has 1 heterocycles. The van der Waals surface area contributed by atoms with Gasteiger partial charge in [0.15, 0.2) is 6.29 Å². The third-order valence-electron chi connectivity index (χ3n) is 7.09. The van der Waals surface area contributed by atoms with Gasteiger partial charge in [0.2, 0.25) is 12.3 Å². The minimum atomic E-state index is -1.27. The van der Waals surface area contributed by atoms with E-state index in [9.17, 15) is 10.2 Å². The van der Waals surface area contributed by atoms with Crippen LogP contribution in [-0.4, -0.2) is 59.9 Å². The Morgan fingerprint density at radius 1 is 0.733 bits per heavy atom. The highest BCUT2D eigenvalue weighted by atomic mass is 16.6. The number of nitrogens with zero attached hydrogens (tertiary/aromatic N) is 1. The molecule has 3 atom stereocenters. The largest absolute Gasteiger partial charge is 0.493 e. The van der Waals surface area contributed by atoms with Crippen LogP contribution < -0.4 is 14.8 Å². The van der Waals surface area contributed by atoms with Crippen molar-refractivity contribution in [2.75, 3.05) is 20.3 Å². The van der Waals surface area contributed by atoms with E-state index in [-0.39, 0.29) is 0 Å². The lowest BCUT2D eigenvalue weighted by Crippen LogP contribution is -2.50. The van der Waals surface area contributed by atoms with E-state index in [2.05, 4.69) is 35.6 Å². The Labute approximate surface area is 267 Å². The van der Waals surface area contributed by atoms with Crippen LogP contribution in [0, 0.1) is 0 Å². The lowest BCUT2D eigenvalue weighted by molar-refractivity contribution is -0.200. The van der Waals surface area contributed by atoms with E-state index in [4.69, 9.17) is 23.9 Å². The molecule has 0 radical (unpaired) electrons. The number of aliphatic hydroxyl groups excluding tert-OH is 2. The second kappa shape index (κ2) is 17.1. The zero-order valence-electron chi connectivity index (χ0n) is 26.7. The molecular formula is C37H46N2O6. The molecule has 1 aromatic heterocycles. The van der Waals surface area contributed by atoms with Crippen molar-refractivity contribution in [3.05, 3.63) is 103 Å². The number of unbranched alkanes of at least 4 members (excludes halogenated alkanes) is 2. The maximum atomic E-state index is 10.4. The van der Waals surface area contributed by atoms with Gasteiger partial charge in [-0.3, -0.25) is 5.32 Å². The summed E-state index contributed by atoms with van der Waals surface area (Å²) in [6, 6.07) is 31.6. The molecule has 240 valence electrons. The van der Waals surface area contributed by atoms with Crippen molar-refractivity contribution < 1.29 is 29.2 Å². The van der Waals surface area contributed by atoms with Gasteiger partial charge >= 0.3 is 0 Å². The highest BCUT2D eigenvalue weighted by Crippen LogP contribution is 2.29. The number of hydrogen-bond acceptors (Lipinski definition) is 8. The Bertz CT molecular complexity index is 1370. The molecule has 3 N–H and O–H groups in total. The van der Waals surface area contributed by atoms with Crippen LogP contribution in [0.4, 0.5) is 0 Å². The molecule has 3 unspecified atom stereocenters. The lowest BCUT2D eigenvalue weighted by atomic mass is 10.0. The molecule has 0 spiro atoms. The molecule has 0 aliphatic heterocycles. The Balaban J connectivity index is 1.28. The van der Waals surface area contributed by atoms with Gasteiger partial charge in [-0.25, -0.2) is 4.98 Å². The fraction of sp³-hybridized carbons (Fsp3) is 0.378. The molecule has 0 bridgehead atoms. The third kappa shape index (κ3) is 11.3. The molecule has 4 aromatic rings. The van der Waals surface area contributed by atoms with Crippen LogP contribution in [0.3, 0.4) is 0 Å². The number of ether oxygens (including phenoxy) is 4. The highest BCUT2D eigenvalue weighted by Gasteiger charge is 2.26. The smallest absolute Gasteiger partial charge is 0.214 e. The molecule has 45 heavy (non-hydrogen) atoms. The van der Waals surface area contributed by atoms with Crippen molar-refractivity contribution in [3.63, 3.8) is 0 Å². The number of nitrogens with one attached hydrogen (secondary N) is 1. The van der Waals surface area contributed by atoms with E-state index in [1.54, 1.807) is 0 Å². The zero-order chi connectivity index (χ0) is 32.1. The molecule has 4 rings (SSSR count). The van der Waals surface area contributed by atoms with E-state index in [0.717, 1.165) is 53.0 Å². The molecule has 8 nitrogen and oxygen atoms in total. The second-order valence-electron chi connectivity index (χ2n) is 11.9. The molecule has 0 fully saturated rings. The molecule has 0 aliphatic carbocycles. The minimum absolute atomic E-state index is 0.365. The number of rotatable bonds is 17. The van der Waals surface area contributed by atoms with Crippen molar-refractivity contribution >= 4 is 0 Å². The van der Waals surface area contributed by atoms with Crippen LogP contribution in [0.25, 0.3) is 22.4 Å². The quantitative estimate of drug-likeness (QED) is 0.0904. The van der Waals surface area contributed by atoms with Crippen LogP contribution in [-0.2, 0) is 15.9 Å². The summed E-state index contributed by atoms with van der Waals surface area (Å²) >= 11 is 0. The van der Waals surface area contributed by atoms with Gasteiger partial charge in [-0.1, -0.05) is 78.9 Å². The molecule has 0 saturated carbocycles. The normalized spacial score (nSPS) is 13.6. The third-order valence-corrected chi connectivity index (χ3v) is 7.09. The van der Waals surface area contributed by atoms with E-state index >= 15 is 0 Å². The standard InChI is InChI=1S/C37H46N2O6/c1-37(2,3)45-36(41)39-32(35(40)42-4)24-29-20-12-13-21-33(29)43-22-14-7-15-23-44-34-26-30(27-16-8-5-9-17-27)25-31(38-34)28-18-10-6-11-19-28/h5-6,8-13,16-21,25-26,32,35-36,39-41H,7,14-15,22-24H2,1-4H3. The molecule has 8 heteroatoms. The summed E-state index contributed by atoms with van der Waals surface area (Å²) in [4.78, 5) is 4.79. The SMILES string of the molecule is COC(O)C(Cc1ccccc1OCCCCCOc1cc(-c2ccccc2)cc(-c2ccccc2)n1)NC(O)OC(C)(C)C. The molecule has 0 saturated heterocycles. The number of methoxy groups -OCH3 is 1. The van der Waals surface area contributed by atoms with Gasteiger partial charge in [0.1, 0.15) is 5.75 Å². The predicted molar refractivity (Wildman–Crippen MR) is 177 cm³/mol. The molecule has 3 aromatic carbocycles. The predicted octanol–water partition coefficient (Wildman–Crippen LogP) is 6.60. The van der Waals surface area contributed by atoms with Crippen molar-refractivity contribution in [2.45, 2.75) is 70.8 Å². The first kappa shape index (κ1) is 34.1.